The first kappa shape index (κ1) is 9.25. The number of halogens is 1. The van der Waals surface area contributed by atoms with Gasteiger partial charge < -0.3 is 6.15 Å². The zero-order valence-corrected chi connectivity index (χ0v) is 3.57. The molecule has 0 spiro atoms. The van der Waals surface area contributed by atoms with Gasteiger partial charge in [0, 0.05) is 0 Å². The van der Waals surface area contributed by atoms with Crippen LogP contribution in [0.2, 0.25) is 0 Å². The summed E-state index contributed by atoms with van der Waals surface area (Å²) in [6.45, 7) is 0. The van der Waals surface area contributed by atoms with Crippen molar-refractivity contribution >= 4 is 10.5 Å². The van der Waals surface area contributed by atoms with E-state index in [1.807, 2.05) is 0 Å². The van der Waals surface area contributed by atoms with Crippen molar-refractivity contribution < 1.29 is 16.9 Å². The molecule has 40 valence electrons. The van der Waals surface area contributed by atoms with E-state index >= 15 is 0 Å². The molecular formula is H4FNO3S. The molecule has 0 bridgehead atoms. The highest BCUT2D eigenvalue weighted by atomic mass is 32.3. The Hall–Kier alpha value is -0.200. The molecule has 0 heterocycles. The maximum absolute atomic E-state index is 10.2. The minimum absolute atomic E-state index is 0. The van der Waals surface area contributed by atoms with Crippen LogP contribution in [0.5, 0.6) is 0 Å². The summed E-state index contributed by atoms with van der Waals surface area (Å²) in [4.78, 5) is 0. The second-order valence-electron chi connectivity index (χ2n) is 0.412. The van der Waals surface area contributed by atoms with Gasteiger partial charge in [0.2, 0.25) is 0 Å². The summed E-state index contributed by atoms with van der Waals surface area (Å²) in [7, 11) is -5.17. The van der Waals surface area contributed by atoms with Crippen molar-refractivity contribution in [3.63, 3.8) is 0 Å². The van der Waals surface area contributed by atoms with Gasteiger partial charge in [-0.2, -0.15) is 8.42 Å². The smallest absolute Gasteiger partial charge is 0.344 e. The molecule has 0 aliphatic rings. The molecule has 6 heavy (non-hydrogen) atoms. The third kappa shape index (κ3) is 745. The lowest BCUT2D eigenvalue weighted by molar-refractivity contribution is 0.435. The van der Waals surface area contributed by atoms with Crippen LogP contribution < -0.4 is 6.15 Å². The molecule has 0 radical (unpaired) electrons. The van der Waals surface area contributed by atoms with Crippen molar-refractivity contribution in [3.8, 4) is 0 Å². The minimum Gasteiger partial charge on any atom is -0.344 e. The molecule has 0 saturated heterocycles. The van der Waals surface area contributed by atoms with Gasteiger partial charge in [0.05, 0.1) is 0 Å². The fourth-order valence-electron chi connectivity index (χ4n) is 0. The molecule has 4 N–H and O–H groups in total. The fraction of sp³-hybridized carbons (Fsp3) is 0. The molecule has 0 rings (SSSR count). The Balaban J connectivity index is 0. The van der Waals surface area contributed by atoms with Crippen LogP contribution in [0.15, 0.2) is 0 Å². The molecule has 0 atom stereocenters. The van der Waals surface area contributed by atoms with Gasteiger partial charge in [-0.3, -0.25) is 4.55 Å². The first-order valence-electron chi connectivity index (χ1n) is 0.670. The molecule has 0 saturated carbocycles. The van der Waals surface area contributed by atoms with Gasteiger partial charge in [-0.25, -0.2) is 0 Å². The lowest BCUT2D eigenvalue weighted by atomic mass is 14.0. The van der Waals surface area contributed by atoms with E-state index in [1.54, 1.807) is 0 Å². The van der Waals surface area contributed by atoms with Crippen LogP contribution in [-0.2, 0) is 10.5 Å². The highest BCUT2D eigenvalue weighted by Crippen LogP contribution is 1.74. The van der Waals surface area contributed by atoms with Crippen molar-refractivity contribution in [1.29, 1.82) is 0 Å². The van der Waals surface area contributed by atoms with Gasteiger partial charge in [0.1, 0.15) is 0 Å². The van der Waals surface area contributed by atoms with Crippen molar-refractivity contribution in [1.82, 2.24) is 6.15 Å². The van der Waals surface area contributed by atoms with E-state index in [-0.39, 0.29) is 6.15 Å². The van der Waals surface area contributed by atoms with Crippen LogP contribution >= 0.6 is 0 Å². The predicted octanol–water partition coefficient (Wildman–Crippen LogP) is -0.0793. The lowest BCUT2D eigenvalue weighted by Gasteiger charge is -1.63. The zero-order chi connectivity index (χ0) is 4.50. The van der Waals surface area contributed by atoms with Crippen molar-refractivity contribution in [2.75, 3.05) is 0 Å². The molecule has 0 aliphatic heterocycles. The van der Waals surface area contributed by atoms with Crippen LogP contribution in [-0.4, -0.2) is 13.0 Å². The minimum atomic E-state index is -5.17. The van der Waals surface area contributed by atoms with Crippen LogP contribution in [0.3, 0.4) is 0 Å². The van der Waals surface area contributed by atoms with Crippen LogP contribution in [0, 0.1) is 0 Å². The Kier molecular flexibility index (Phi) is 3.18. The molecule has 6 heteroatoms. The molecule has 0 amide bonds. The molecule has 0 aromatic rings. The highest BCUT2D eigenvalue weighted by Gasteiger charge is 1.89. The first-order valence-corrected chi connectivity index (χ1v) is 2.01. The van der Waals surface area contributed by atoms with Gasteiger partial charge in [-0.15, -0.1) is 0 Å². The summed E-state index contributed by atoms with van der Waals surface area (Å²) >= 11 is 0. The molecule has 0 fully saturated rings. The van der Waals surface area contributed by atoms with E-state index < -0.39 is 10.5 Å². The Morgan fingerprint density at radius 2 is 1.50 bits per heavy atom. The maximum atomic E-state index is 10.2. The topological polar surface area (TPSA) is 89.4 Å². The predicted molar refractivity (Wildman–Crippen MR) is 17.7 cm³/mol. The molecular weight excluding hydrogens is 113 g/mol. The average Bonchev–Trinajstić information content (AvgIpc) is 0.722. The van der Waals surface area contributed by atoms with E-state index in [0.717, 1.165) is 0 Å². The zero-order valence-electron chi connectivity index (χ0n) is 2.76. The average molecular weight is 117 g/mol. The Morgan fingerprint density at radius 3 is 1.50 bits per heavy atom. The van der Waals surface area contributed by atoms with Gasteiger partial charge in [0.15, 0.2) is 0 Å². The fourth-order valence-corrected chi connectivity index (χ4v) is 0. The lowest BCUT2D eigenvalue weighted by Crippen LogP contribution is -1.80. The van der Waals surface area contributed by atoms with E-state index in [2.05, 4.69) is 0 Å². The van der Waals surface area contributed by atoms with E-state index in [4.69, 9.17) is 13.0 Å². The molecule has 0 aromatic carbocycles. The monoisotopic (exact) mass is 117 g/mol. The SMILES string of the molecule is N.O=S(=O)(O)F. The summed E-state index contributed by atoms with van der Waals surface area (Å²) < 4.78 is 34.1. The summed E-state index contributed by atoms with van der Waals surface area (Å²) in [5, 5.41) is 0. The summed E-state index contributed by atoms with van der Waals surface area (Å²) in [6.07, 6.45) is 0. The van der Waals surface area contributed by atoms with Crippen molar-refractivity contribution in [2.45, 2.75) is 0 Å². The Morgan fingerprint density at radius 1 is 1.50 bits per heavy atom. The summed E-state index contributed by atoms with van der Waals surface area (Å²) in [5.41, 5.74) is 0. The summed E-state index contributed by atoms with van der Waals surface area (Å²) in [5.74, 6) is 0. The summed E-state index contributed by atoms with van der Waals surface area (Å²) in [6, 6.07) is 0. The Bertz CT molecular complexity index is 94.0. The maximum Gasteiger partial charge on any atom is 0.435 e. The molecule has 0 aliphatic carbocycles. The third-order valence-corrected chi connectivity index (χ3v) is 0. The quantitative estimate of drug-likeness (QED) is 0.343. The number of rotatable bonds is 0. The first-order chi connectivity index (χ1) is 2.00. The van der Waals surface area contributed by atoms with Gasteiger partial charge in [0.25, 0.3) is 0 Å². The van der Waals surface area contributed by atoms with E-state index in [9.17, 15) is 3.89 Å². The third-order valence-electron chi connectivity index (χ3n) is 0. The molecule has 0 aromatic heterocycles. The largest absolute Gasteiger partial charge is 0.435 e. The number of hydrogen-bond donors (Lipinski definition) is 2. The van der Waals surface area contributed by atoms with Gasteiger partial charge in [-0.1, -0.05) is 3.89 Å². The highest BCUT2D eigenvalue weighted by molar-refractivity contribution is 7.80. The second-order valence-corrected chi connectivity index (χ2v) is 1.24. The van der Waals surface area contributed by atoms with E-state index in [0.29, 0.717) is 0 Å². The molecule has 0 unspecified atom stereocenters. The standard InChI is InChI=1S/FHO3S.H3N/c1-5(2,3)4;/h(H,2,3,4);1H3. The Labute approximate surface area is 34.6 Å². The van der Waals surface area contributed by atoms with Gasteiger partial charge in [-0.05, 0) is 0 Å². The van der Waals surface area contributed by atoms with Crippen LogP contribution in [0.1, 0.15) is 0 Å². The van der Waals surface area contributed by atoms with Crippen LogP contribution in [0.25, 0.3) is 0 Å². The van der Waals surface area contributed by atoms with Gasteiger partial charge >= 0.3 is 10.5 Å². The number of hydrogen-bond acceptors (Lipinski definition) is 3. The second kappa shape index (κ2) is 2.06. The normalized spacial score (nSPS) is 9.67. The van der Waals surface area contributed by atoms with Crippen molar-refractivity contribution in [2.24, 2.45) is 0 Å². The molecule has 4 nitrogen and oxygen atoms in total. The van der Waals surface area contributed by atoms with Crippen molar-refractivity contribution in [3.05, 3.63) is 0 Å². The van der Waals surface area contributed by atoms with Crippen LogP contribution in [0.4, 0.5) is 3.89 Å². The van der Waals surface area contributed by atoms with E-state index in [1.165, 1.54) is 0 Å².